The van der Waals surface area contributed by atoms with Crippen LogP contribution in [0.4, 0.5) is 10.1 Å². The lowest BCUT2D eigenvalue weighted by Gasteiger charge is -2.19. The van der Waals surface area contributed by atoms with Gasteiger partial charge in [-0.3, -0.25) is 4.79 Å². The van der Waals surface area contributed by atoms with Gasteiger partial charge in [0.25, 0.3) is 5.91 Å². The zero-order chi connectivity index (χ0) is 16.4. The van der Waals surface area contributed by atoms with Gasteiger partial charge in [0, 0.05) is 18.3 Å². The number of carbonyl (C=O) groups excluding carboxylic acids is 1. The molecule has 0 bridgehead atoms. The molecule has 2 aromatic rings. The number of rotatable bonds is 4. The molecule has 0 saturated heterocycles. The lowest BCUT2D eigenvalue weighted by molar-refractivity contribution is 0.102. The standard InChI is InChI=1S/C17H20FN3OS/c1-10(2)7-15-20-14(9-23-15)17(22)21-13-4-3-11-8-19-6-5-12(11)16(13)18/h3-4,9-10,19H,5-8H2,1-2H3,(H,21,22). The molecular weight excluding hydrogens is 313 g/mol. The van der Waals surface area contributed by atoms with Crippen molar-refractivity contribution >= 4 is 22.9 Å². The minimum atomic E-state index is -0.357. The van der Waals surface area contributed by atoms with Gasteiger partial charge in [0.2, 0.25) is 0 Å². The highest BCUT2D eigenvalue weighted by atomic mass is 32.1. The highest BCUT2D eigenvalue weighted by Gasteiger charge is 2.19. The maximum Gasteiger partial charge on any atom is 0.275 e. The molecular formula is C17H20FN3OS. The van der Waals surface area contributed by atoms with E-state index in [-0.39, 0.29) is 17.4 Å². The van der Waals surface area contributed by atoms with Crippen LogP contribution >= 0.6 is 11.3 Å². The number of halogens is 1. The summed E-state index contributed by atoms with van der Waals surface area (Å²) in [5, 5.41) is 8.52. The molecule has 122 valence electrons. The first-order valence-electron chi connectivity index (χ1n) is 7.81. The van der Waals surface area contributed by atoms with Crippen molar-refractivity contribution in [3.8, 4) is 0 Å². The Morgan fingerprint density at radius 1 is 1.48 bits per heavy atom. The fraction of sp³-hybridized carbons (Fsp3) is 0.412. The Morgan fingerprint density at radius 2 is 2.30 bits per heavy atom. The Balaban J connectivity index is 1.76. The number of fused-ring (bicyclic) bond motifs is 1. The van der Waals surface area contributed by atoms with E-state index in [0.717, 1.165) is 23.5 Å². The molecule has 1 amide bonds. The first kappa shape index (κ1) is 16.1. The Morgan fingerprint density at radius 3 is 3.09 bits per heavy atom. The molecule has 1 aromatic heterocycles. The number of amides is 1. The third kappa shape index (κ3) is 3.59. The van der Waals surface area contributed by atoms with Crippen LogP contribution in [0.5, 0.6) is 0 Å². The number of benzene rings is 1. The van der Waals surface area contributed by atoms with Gasteiger partial charge in [-0.25, -0.2) is 9.37 Å². The summed E-state index contributed by atoms with van der Waals surface area (Å²) in [6.07, 6.45) is 1.48. The zero-order valence-electron chi connectivity index (χ0n) is 13.3. The monoisotopic (exact) mass is 333 g/mol. The van der Waals surface area contributed by atoms with E-state index < -0.39 is 0 Å². The van der Waals surface area contributed by atoms with E-state index in [1.807, 2.05) is 6.07 Å². The molecule has 1 aromatic carbocycles. The van der Waals surface area contributed by atoms with E-state index in [1.165, 1.54) is 11.3 Å². The van der Waals surface area contributed by atoms with E-state index in [2.05, 4.69) is 29.5 Å². The molecule has 0 aliphatic carbocycles. The average molecular weight is 333 g/mol. The van der Waals surface area contributed by atoms with Gasteiger partial charge in [-0.05, 0) is 36.1 Å². The molecule has 0 radical (unpaired) electrons. The van der Waals surface area contributed by atoms with Crippen LogP contribution in [0, 0.1) is 11.7 Å². The third-order valence-electron chi connectivity index (χ3n) is 3.82. The van der Waals surface area contributed by atoms with E-state index in [9.17, 15) is 9.18 Å². The van der Waals surface area contributed by atoms with Crippen molar-refractivity contribution in [1.29, 1.82) is 0 Å². The minimum Gasteiger partial charge on any atom is -0.318 e. The van der Waals surface area contributed by atoms with Crippen molar-refractivity contribution in [2.45, 2.75) is 33.2 Å². The van der Waals surface area contributed by atoms with Gasteiger partial charge in [-0.1, -0.05) is 19.9 Å². The summed E-state index contributed by atoms with van der Waals surface area (Å²) in [4.78, 5) is 16.6. The maximum absolute atomic E-state index is 14.5. The molecule has 3 rings (SSSR count). The smallest absolute Gasteiger partial charge is 0.275 e. The molecule has 1 aliphatic rings. The summed E-state index contributed by atoms with van der Waals surface area (Å²) < 4.78 is 14.5. The van der Waals surface area contributed by atoms with Gasteiger partial charge >= 0.3 is 0 Å². The lowest BCUT2D eigenvalue weighted by atomic mass is 9.99. The van der Waals surface area contributed by atoms with Crippen molar-refractivity contribution in [2.24, 2.45) is 5.92 Å². The van der Waals surface area contributed by atoms with Gasteiger partial charge in [0.05, 0.1) is 10.7 Å². The summed E-state index contributed by atoms with van der Waals surface area (Å²) in [6.45, 7) is 5.65. The van der Waals surface area contributed by atoms with Crippen LogP contribution < -0.4 is 10.6 Å². The lowest BCUT2D eigenvalue weighted by Crippen LogP contribution is -2.25. The fourth-order valence-electron chi connectivity index (χ4n) is 2.67. The Kier molecular flexibility index (Phi) is 4.73. The number of hydrogen-bond acceptors (Lipinski definition) is 4. The van der Waals surface area contributed by atoms with Crippen LogP contribution in [0.25, 0.3) is 0 Å². The van der Waals surface area contributed by atoms with Gasteiger partial charge < -0.3 is 10.6 Å². The van der Waals surface area contributed by atoms with Gasteiger partial charge in [-0.2, -0.15) is 0 Å². The molecule has 2 heterocycles. The number of aromatic nitrogens is 1. The first-order valence-corrected chi connectivity index (χ1v) is 8.69. The number of hydrogen-bond donors (Lipinski definition) is 2. The molecule has 23 heavy (non-hydrogen) atoms. The Labute approximate surface area is 139 Å². The summed E-state index contributed by atoms with van der Waals surface area (Å²) in [6, 6.07) is 3.49. The van der Waals surface area contributed by atoms with Crippen molar-refractivity contribution in [3.63, 3.8) is 0 Å². The van der Waals surface area contributed by atoms with Crippen LogP contribution in [0.1, 0.15) is 40.5 Å². The highest BCUT2D eigenvalue weighted by Crippen LogP contribution is 2.25. The number of carbonyl (C=O) groups is 1. The number of nitrogens with zero attached hydrogens (tertiary/aromatic N) is 1. The zero-order valence-corrected chi connectivity index (χ0v) is 14.1. The molecule has 0 saturated carbocycles. The van der Waals surface area contributed by atoms with Gasteiger partial charge in [-0.15, -0.1) is 11.3 Å². The highest BCUT2D eigenvalue weighted by molar-refractivity contribution is 7.09. The quantitative estimate of drug-likeness (QED) is 0.902. The molecule has 1 aliphatic heterocycles. The second kappa shape index (κ2) is 6.76. The van der Waals surface area contributed by atoms with E-state index in [4.69, 9.17) is 0 Å². The summed E-state index contributed by atoms with van der Waals surface area (Å²) in [5.74, 6) is -0.192. The van der Waals surface area contributed by atoms with Crippen LogP contribution in [0.15, 0.2) is 17.5 Å². The molecule has 2 N–H and O–H groups in total. The average Bonchev–Trinajstić information content (AvgIpc) is 2.98. The minimum absolute atomic E-state index is 0.231. The summed E-state index contributed by atoms with van der Waals surface area (Å²) in [5.41, 5.74) is 2.23. The van der Waals surface area contributed by atoms with Gasteiger partial charge in [0.1, 0.15) is 11.5 Å². The number of thiazole rings is 1. The van der Waals surface area contributed by atoms with Gasteiger partial charge in [0.15, 0.2) is 0 Å². The summed E-state index contributed by atoms with van der Waals surface area (Å²) in [7, 11) is 0. The van der Waals surface area contributed by atoms with Crippen molar-refractivity contribution < 1.29 is 9.18 Å². The van der Waals surface area contributed by atoms with Crippen molar-refractivity contribution in [1.82, 2.24) is 10.3 Å². The third-order valence-corrected chi connectivity index (χ3v) is 4.69. The molecule has 0 atom stereocenters. The maximum atomic E-state index is 14.5. The molecule has 0 spiro atoms. The largest absolute Gasteiger partial charge is 0.318 e. The molecule has 6 heteroatoms. The predicted octanol–water partition coefficient (Wildman–Crippen LogP) is 3.38. The van der Waals surface area contributed by atoms with E-state index >= 15 is 0 Å². The second-order valence-electron chi connectivity index (χ2n) is 6.17. The Bertz CT molecular complexity index is 727. The fourth-order valence-corrected chi connectivity index (χ4v) is 3.66. The second-order valence-corrected chi connectivity index (χ2v) is 7.11. The summed E-state index contributed by atoms with van der Waals surface area (Å²) >= 11 is 1.47. The van der Waals surface area contributed by atoms with Crippen LogP contribution in [0.3, 0.4) is 0 Å². The molecule has 4 nitrogen and oxygen atoms in total. The van der Waals surface area contributed by atoms with Crippen molar-refractivity contribution in [3.05, 3.63) is 45.2 Å². The molecule has 0 fully saturated rings. The SMILES string of the molecule is CC(C)Cc1nc(C(=O)Nc2ccc3c(c2F)CCNC3)cs1. The predicted molar refractivity (Wildman–Crippen MR) is 90.4 cm³/mol. The van der Waals surface area contributed by atoms with Crippen LogP contribution in [-0.2, 0) is 19.4 Å². The van der Waals surface area contributed by atoms with Crippen LogP contribution in [0.2, 0.25) is 0 Å². The number of nitrogens with one attached hydrogen (secondary N) is 2. The first-order chi connectivity index (χ1) is 11.0. The molecule has 0 unspecified atom stereocenters. The topological polar surface area (TPSA) is 54.0 Å². The van der Waals surface area contributed by atoms with Crippen LogP contribution in [-0.4, -0.2) is 17.4 Å². The normalized spacial score (nSPS) is 13.9. The van der Waals surface area contributed by atoms with Crippen molar-refractivity contribution in [2.75, 3.05) is 11.9 Å². The van der Waals surface area contributed by atoms with E-state index in [1.54, 1.807) is 11.4 Å². The number of anilines is 1. The van der Waals surface area contributed by atoms with E-state index in [0.29, 0.717) is 30.1 Å². The Hall–Kier alpha value is -1.79.